The van der Waals surface area contributed by atoms with Crippen molar-refractivity contribution in [3.63, 3.8) is 0 Å². The molecule has 0 aromatic carbocycles. The number of carbonyl (C=O) groups is 1. The largest absolute Gasteiger partial charge is 0.469 e. The summed E-state index contributed by atoms with van der Waals surface area (Å²) in [5, 5.41) is 3.08. The summed E-state index contributed by atoms with van der Waals surface area (Å²) < 4.78 is 4.64. The van der Waals surface area contributed by atoms with Crippen molar-refractivity contribution >= 4 is 22.4 Å². The monoisotopic (exact) mass is 299 g/mol. The lowest BCUT2D eigenvalue weighted by Gasteiger charge is -2.20. The van der Waals surface area contributed by atoms with Gasteiger partial charge in [-0.1, -0.05) is 0 Å². The first-order chi connectivity index (χ1) is 9.56. The van der Waals surface area contributed by atoms with Gasteiger partial charge in [0.1, 0.15) is 0 Å². The van der Waals surface area contributed by atoms with E-state index in [-0.39, 0.29) is 5.97 Å². The number of esters is 1. The van der Waals surface area contributed by atoms with Crippen molar-refractivity contribution in [2.45, 2.75) is 26.2 Å². The molecule has 114 valence electrons. The van der Waals surface area contributed by atoms with E-state index < -0.39 is 0 Å². The molecule has 0 aliphatic carbocycles. The first-order valence-corrected chi connectivity index (χ1v) is 7.85. The van der Waals surface area contributed by atoms with Gasteiger partial charge in [-0.25, -0.2) is 4.98 Å². The van der Waals surface area contributed by atoms with E-state index in [2.05, 4.69) is 40.5 Å². The lowest BCUT2D eigenvalue weighted by atomic mass is 10.2. The maximum atomic E-state index is 11.1. The smallest absolute Gasteiger partial charge is 0.305 e. The van der Waals surface area contributed by atoms with Gasteiger partial charge >= 0.3 is 5.97 Å². The Kier molecular flexibility index (Phi) is 7.54. The Morgan fingerprint density at radius 1 is 1.40 bits per heavy atom. The van der Waals surface area contributed by atoms with Crippen LogP contribution in [-0.4, -0.2) is 56.7 Å². The first kappa shape index (κ1) is 16.9. The second-order valence-electron chi connectivity index (χ2n) is 4.93. The second kappa shape index (κ2) is 8.92. The minimum atomic E-state index is -0.183. The van der Waals surface area contributed by atoms with Crippen molar-refractivity contribution in [2.75, 3.05) is 45.7 Å². The Morgan fingerprint density at radius 3 is 2.75 bits per heavy atom. The van der Waals surface area contributed by atoms with Crippen molar-refractivity contribution in [1.82, 2.24) is 9.88 Å². The van der Waals surface area contributed by atoms with Crippen molar-refractivity contribution in [1.29, 1.82) is 0 Å². The van der Waals surface area contributed by atoms with Gasteiger partial charge in [-0.2, -0.15) is 0 Å². The van der Waals surface area contributed by atoms with E-state index in [1.54, 1.807) is 11.3 Å². The average molecular weight is 299 g/mol. The number of rotatable bonds is 9. The number of carbonyl (C=O) groups excluding carboxylic acids is 1. The van der Waals surface area contributed by atoms with Crippen molar-refractivity contribution in [2.24, 2.45) is 0 Å². The van der Waals surface area contributed by atoms with Crippen molar-refractivity contribution in [3.05, 3.63) is 11.1 Å². The van der Waals surface area contributed by atoms with E-state index >= 15 is 0 Å². The van der Waals surface area contributed by atoms with E-state index in [0.717, 1.165) is 36.9 Å². The Balaban J connectivity index is 2.48. The summed E-state index contributed by atoms with van der Waals surface area (Å²) >= 11 is 1.65. The topological polar surface area (TPSA) is 45.7 Å². The van der Waals surface area contributed by atoms with Crippen LogP contribution in [0.25, 0.3) is 0 Å². The number of hydrogen-bond acceptors (Lipinski definition) is 6. The summed E-state index contributed by atoms with van der Waals surface area (Å²) in [6, 6.07) is 0. The molecule has 0 aliphatic rings. The third-order valence-electron chi connectivity index (χ3n) is 3.04. The molecule has 0 bridgehead atoms. The quantitative estimate of drug-likeness (QED) is 0.653. The molecular weight excluding hydrogens is 274 g/mol. The van der Waals surface area contributed by atoms with E-state index in [0.29, 0.717) is 12.8 Å². The summed E-state index contributed by atoms with van der Waals surface area (Å²) in [4.78, 5) is 20.2. The second-order valence-corrected chi connectivity index (χ2v) is 5.77. The summed E-state index contributed by atoms with van der Waals surface area (Å²) in [6.45, 7) is 5.19. The molecule has 0 spiro atoms. The molecule has 0 unspecified atom stereocenters. The third-order valence-corrected chi connectivity index (χ3v) is 3.99. The van der Waals surface area contributed by atoms with Crippen LogP contribution in [0, 0.1) is 0 Å². The lowest BCUT2D eigenvalue weighted by Crippen LogP contribution is -2.26. The van der Waals surface area contributed by atoms with Crippen LogP contribution in [-0.2, 0) is 16.0 Å². The fourth-order valence-corrected chi connectivity index (χ4v) is 2.81. The maximum absolute atomic E-state index is 11.1. The van der Waals surface area contributed by atoms with Gasteiger partial charge in [0.05, 0.1) is 19.2 Å². The molecular formula is C14H25N3O2S. The SMILES string of the molecule is CCN(CCCN(C)C)c1nc(CCC(=O)OC)cs1. The number of anilines is 1. The molecule has 1 heterocycles. The van der Waals surface area contributed by atoms with E-state index in [1.165, 1.54) is 7.11 Å². The van der Waals surface area contributed by atoms with Crippen molar-refractivity contribution in [3.8, 4) is 0 Å². The standard InChI is InChI=1S/C14H25N3O2S/c1-5-17(10-6-9-16(2)3)14-15-12(11-20-14)7-8-13(18)19-4/h11H,5-10H2,1-4H3. The molecule has 0 saturated carbocycles. The first-order valence-electron chi connectivity index (χ1n) is 6.97. The highest BCUT2D eigenvalue weighted by Crippen LogP contribution is 2.21. The highest BCUT2D eigenvalue weighted by molar-refractivity contribution is 7.13. The Labute approximate surface area is 125 Å². The number of nitrogens with zero attached hydrogens (tertiary/aromatic N) is 3. The number of aryl methyl sites for hydroxylation is 1. The molecule has 0 radical (unpaired) electrons. The summed E-state index contributed by atoms with van der Waals surface area (Å²) in [6.07, 6.45) is 2.17. The van der Waals surface area contributed by atoms with Crippen LogP contribution in [0.4, 0.5) is 5.13 Å². The van der Waals surface area contributed by atoms with Gasteiger partial charge in [0.2, 0.25) is 0 Å². The van der Waals surface area contributed by atoms with Gasteiger partial charge in [0, 0.05) is 24.9 Å². The predicted octanol–water partition coefficient (Wildman–Crippen LogP) is 2.03. The molecule has 0 amide bonds. The molecule has 0 N–H and O–H groups in total. The summed E-state index contributed by atoms with van der Waals surface area (Å²) in [7, 11) is 5.59. The van der Waals surface area contributed by atoms with Crippen LogP contribution in [0.3, 0.4) is 0 Å². The molecule has 0 aliphatic heterocycles. The molecule has 5 nitrogen and oxygen atoms in total. The number of thiazole rings is 1. The highest BCUT2D eigenvalue weighted by atomic mass is 32.1. The Hall–Kier alpha value is -1.14. The molecule has 20 heavy (non-hydrogen) atoms. The van der Waals surface area contributed by atoms with E-state index in [9.17, 15) is 4.79 Å². The molecule has 1 aromatic heterocycles. The number of hydrogen-bond donors (Lipinski definition) is 0. The van der Waals surface area contributed by atoms with Crippen LogP contribution in [0.2, 0.25) is 0 Å². The minimum Gasteiger partial charge on any atom is -0.469 e. The molecule has 0 saturated heterocycles. The normalized spacial score (nSPS) is 10.8. The number of ether oxygens (including phenoxy) is 1. The molecule has 0 atom stereocenters. The summed E-state index contributed by atoms with van der Waals surface area (Å²) in [5.41, 5.74) is 0.974. The van der Waals surface area contributed by atoms with Crippen LogP contribution in [0.5, 0.6) is 0 Å². The van der Waals surface area contributed by atoms with Crippen molar-refractivity contribution < 1.29 is 9.53 Å². The fourth-order valence-electron chi connectivity index (χ4n) is 1.86. The zero-order valence-corrected chi connectivity index (χ0v) is 13.7. The van der Waals surface area contributed by atoms with Gasteiger partial charge in [0.25, 0.3) is 0 Å². The Bertz CT molecular complexity index is 407. The van der Waals surface area contributed by atoms with E-state index in [1.807, 2.05) is 5.38 Å². The van der Waals surface area contributed by atoms with Gasteiger partial charge in [-0.05, 0) is 34.0 Å². The van der Waals surface area contributed by atoms with Crippen LogP contribution >= 0.6 is 11.3 Å². The predicted molar refractivity (Wildman–Crippen MR) is 83.5 cm³/mol. The number of aromatic nitrogens is 1. The average Bonchev–Trinajstić information content (AvgIpc) is 2.89. The number of methoxy groups -OCH3 is 1. The van der Waals surface area contributed by atoms with Crippen LogP contribution in [0.1, 0.15) is 25.5 Å². The fraction of sp³-hybridized carbons (Fsp3) is 0.714. The zero-order valence-electron chi connectivity index (χ0n) is 12.9. The molecule has 6 heteroatoms. The van der Waals surface area contributed by atoms with Gasteiger partial charge < -0.3 is 14.5 Å². The van der Waals surface area contributed by atoms with E-state index in [4.69, 9.17) is 0 Å². The molecule has 1 aromatic rings. The van der Waals surface area contributed by atoms with Crippen LogP contribution in [0.15, 0.2) is 5.38 Å². The van der Waals surface area contributed by atoms with Gasteiger partial charge in [0.15, 0.2) is 5.13 Å². The molecule has 1 rings (SSSR count). The zero-order chi connectivity index (χ0) is 15.0. The maximum Gasteiger partial charge on any atom is 0.305 e. The lowest BCUT2D eigenvalue weighted by molar-refractivity contribution is -0.140. The van der Waals surface area contributed by atoms with Crippen LogP contribution < -0.4 is 4.90 Å². The third kappa shape index (κ3) is 5.88. The van der Waals surface area contributed by atoms with Gasteiger partial charge in [-0.3, -0.25) is 4.79 Å². The van der Waals surface area contributed by atoms with Gasteiger partial charge in [-0.15, -0.1) is 11.3 Å². The minimum absolute atomic E-state index is 0.183. The summed E-state index contributed by atoms with van der Waals surface area (Å²) in [5.74, 6) is -0.183. The molecule has 0 fully saturated rings. The highest BCUT2D eigenvalue weighted by Gasteiger charge is 2.10. The Morgan fingerprint density at radius 2 is 2.15 bits per heavy atom.